The molecule has 1 atom stereocenters. The maximum Gasteiger partial charge on any atom is -1.00 e. The Balaban J connectivity index is 0.00000264. The molecule has 0 fully saturated rings. The number of rotatable bonds is 4. The molecule has 0 nitrogen and oxygen atoms in total. The molecular formula is C41H52Cl2Zr. The zero-order valence-electron chi connectivity index (χ0n) is 29.0. The summed E-state index contributed by atoms with van der Waals surface area (Å²) in [5, 5.41) is 0. The van der Waals surface area contributed by atoms with E-state index in [1.165, 1.54) is 27.8 Å². The first-order valence-electron chi connectivity index (χ1n) is 16.1. The molecule has 0 saturated heterocycles. The van der Waals surface area contributed by atoms with Crippen molar-refractivity contribution in [3.63, 3.8) is 0 Å². The number of benzene rings is 3. The molecule has 1 unspecified atom stereocenters. The monoisotopic (exact) mass is 704 g/mol. The van der Waals surface area contributed by atoms with Crippen molar-refractivity contribution in [1.82, 2.24) is 0 Å². The Morgan fingerprint density at radius 3 is 1.57 bits per heavy atom. The van der Waals surface area contributed by atoms with Crippen LogP contribution in [0.5, 0.6) is 0 Å². The minimum absolute atomic E-state index is 0. The number of hydrogen-bond acceptors (Lipinski definition) is 0. The van der Waals surface area contributed by atoms with Gasteiger partial charge in [-0.25, -0.2) is 0 Å². The third-order valence-electron chi connectivity index (χ3n) is 9.62. The summed E-state index contributed by atoms with van der Waals surface area (Å²) >= 11 is -2.64. The van der Waals surface area contributed by atoms with Gasteiger partial charge in [0.15, 0.2) is 0 Å². The van der Waals surface area contributed by atoms with E-state index in [4.69, 9.17) is 0 Å². The van der Waals surface area contributed by atoms with Crippen molar-refractivity contribution < 1.29 is 46.1 Å². The van der Waals surface area contributed by atoms with E-state index in [-0.39, 0.29) is 41.1 Å². The summed E-state index contributed by atoms with van der Waals surface area (Å²) in [6, 6.07) is 26.3. The largest absolute Gasteiger partial charge is 1.00 e. The average molecular weight is 707 g/mol. The topological polar surface area (TPSA) is 0 Å². The normalized spacial score (nSPS) is 17.0. The number of fused-ring (bicyclic) bond motifs is 3. The van der Waals surface area contributed by atoms with Gasteiger partial charge < -0.3 is 24.8 Å². The summed E-state index contributed by atoms with van der Waals surface area (Å²) in [5.41, 5.74) is 14.1. The van der Waals surface area contributed by atoms with E-state index < -0.39 is 21.3 Å². The van der Waals surface area contributed by atoms with Gasteiger partial charge in [-0.15, -0.1) is 0 Å². The molecule has 234 valence electrons. The quantitative estimate of drug-likeness (QED) is 0.336. The van der Waals surface area contributed by atoms with Crippen molar-refractivity contribution >= 4 is 3.21 Å². The summed E-state index contributed by atoms with van der Waals surface area (Å²) in [4.78, 5) is 0. The zero-order valence-corrected chi connectivity index (χ0v) is 33.0. The first-order chi connectivity index (χ1) is 19.5. The van der Waals surface area contributed by atoms with Crippen LogP contribution in [0.4, 0.5) is 0 Å². The molecule has 0 spiro atoms. The predicted molar refractivity (Wildman–Crippen MR) is 181 cm³/mol. The molecule has 2 aliphatic rings. The molecule has 0 heterocycles. The first kappa shape index (κ1) is 36.9. The second-order valence-corrected chi connectivity index (χ2v) is 22.4. The molecule has 0 radical (unpaired) electrons. The molecule has 0 aromatic heterocycles. The van der Waals surface area contributed by atoms with Crippen LogP contribution < -0.4 is 24.8 Å². The minimum Gasteiger partial charge on any atom is -1.00 e. The third-order valence-corrected chi connectivity index (χ3v) is 18.6. The van der Waals surface area contributed by atoms with Crippen LogP contribution in [0.2, 0.25) is 0 Å². The van der Waals surface area contributed by atoms with E-state index in [0.717, 1.165) is 6.42 Å². The molecule has 0 N–H and O–H groups in total. The van der Waals surface area contributed by atoms with Crippen LogP contribution in [0, 0.1) is 11.3 Å². The summed E-state index contributed by atoms with van der Waals surface area (Å²) in [7, 11) is 0. The van der Waals surface area contributed by atoms with Crippen molar-refractivity contribution in [3.8, 4) is 11.1 Å². The Bertz CT molecular complexity index is 1550. The van der Waals surface area contributed by atoms with Crippen LogP contribution in [-0.4, -0.2) is 3.21 Å². The maximum absolute atomic E-state index is 2.64. The van der Waals surface area contributed by atoms with Gasteiger partial charge in [-0.1, -0.05) is 0 Å². The molecule has 44 heavy (non-hydrogen) atoms. The molecule has 2 aliphatic carbocycles. The van der Waals surface area contributed by atoms with Crippen molar-refractivity contribution in [2.45, 2.75) is 104 Å². The fourth-order valence-corrected chi connectivity index (χ4v) is 16.9. The van der Waals surface area contributed by atoms with Crippen LogP contribution >= 0.6 is 0 Å². The van der Waals surface area contributed by atoms with Crippen LogP contribution in [0.25, 0.3) is 11.1 Å². The van der Waals surface area contributed by atoms with Crippen LogP contribution in [0.3, 0.4) is 0 Å². The Hall–Kier alpha value is -1.53. The van der Waals surface area contributed by atoms with Crippen LogP contribution in [-0.2, 0) is 32.1 Å². The van der Waals surface area contributed by atoms with Crippen LogP contribution in [0.1, 0.15) is 121 Å². The number of allylic oxidation sites excluding steroid dienone is 4. The van der Waals surface area contributed by atoms with Gasteiger partial charge in [0.05, 0.1) is 0 Å². The average Bonchev–Trinajstić information content (AvgIpc) is 3.42. The van der Waals surface area contributed by atoms with Gasteiger partial charge in [-0.2, -0.15) is 0 Å². The van der Waals surface area contributed by atoms with Gasteiger partial charge in [-0.3, -0.25) is 0 Å². The zero-order chi connectivity index (χ0) is 30.8. The second kappa shape index (κ2) is 13.3. The van der Waals surface area contributed by atoms with Gasteiger partial charge in [0.1, 0.15) is 0 Å². The smallest absolute Gasteiger partial charge is 1.00 e. The minimum atomic E-state index is -2.64. The molecule has 0 aliphatic heterocycles. The summed E-state index contributed by atoms with van der Waals surface area (Å²) < 4.78 is 3.98. The van der Waals surface area contributed by atoms with Gasteiger partial charge in [-0.05, 0) is 0 Å². The standard InChI is InChI=1S/C21H25.C12H19.C8H8.2ClH.Zr/c1-20(2,3)16-7-9-18-14(12-16)11-15-13-17(21(4,5)6)8-10-19(15)18;1-6-10-7-9(2)8-11(10)12(3,4)5;1-2-8-6-4-3-5-7-8;;;/h7-13H,1-6H3;8-9H,6H2,1-5H3;3-7H,1H3;2*1H;/q;;;;;+2/p-2. The number of hydrogen-bond donors (Lipinski definition) is 0. The van der Waals surface area contributed by atoms with Gasteiger partial charge in [0, 0.05) is 0 Å². The fraction of sp³-hybridized carbons (Fsp3) is 0.439. The van der Waals surface area contributed by atoms with Gasteiger partial charge in [0.25, 0.3) is 0 Å². The second-order valence-electron chi connectivity index (χ2n) is 15.8. The molecule has 3 aromatic carbocycles. The van der Waals surface area contributed by atoms with E-state index in [2.05, 4.69) is 156 Å². The Morgan fingerprint density at radius 2 is 1.16 bits per heavy atom. The van der Waals surface area contributed by atoms with E-state index >= 15 is 0 Å². The molecular weight excluding hydrogens is 655 g/mol. The molecule has 5 rings (SSSR count). The van der Waals surface area contributed by atoms with E-state index in [1.807, 2.05) is 3.28 Å². The molecule has 3 heteroatoms. The predicted octanol–water partition coefficient (Wildman–Crippen LogP) is 5.50. The molecule has 0 saturated carbocycles. The third kappa shape index (κ3) is 6.78. The van der Waals surface area contributed by atoms with Gasteiger partial charge >= 0.3 is 266 Å². The van der Waals surface area contributed by atoms with Gasteiger partial charge in [0.2, 0.25) is 0 Å². The molecule has 0 bridgehead atoms. The van der Waals surface area contributed by atoms with Crippen molar-refractivity contribution in [2.24, 2.45) is 11.3 Å². The Labute approximate surface area is 288 Å². The molecule has 3 aromatic rings. The van der Waals surface area contributed by atoms with Crippen molar-refractivity contribution in [2.75, 3.05) is 0 Å². The summed E-state index contributed by atoms with van der Waals surface area (Å²) in [6.45, 7) is 28.8. The van der Waals surface area contributed by atoms with Crippen molar-refractivity contribution in [1.29, 1.82) is 0 Å². The number of halogens is 2. The first-order valence-corrected chi connectivity index (χ1v) is 19.9. The van der Waals surface area contributed by atoms with Crippen molar-refractivity contribution in [3.05, 3.63) is 115 Å². The maximum atomic E-state index is 2.64. The Kier molecular flexibility index (Phi) is 11.2. The van der Waals surface area contributed by atoms with E-state index in [0.29, 0.717) is 9.54 Å². The summed E-state index contributed by atoms with van der Waals surface area (Å²) in [6.07, 6.45) is 3.76. The Morgan fingerprint density at radius 1 is 0.682 bits per heavy atom. The summed E-state index contributed by atoms with van der Waals surface area (Å²) in [5.74, 6) is 0.492. The van der Waals surface area contributed by atoms with Crippen LogP contribution in [0.15, 0.2) is 87.2 Å². The molecule has 0 amide bonds. The van der Waals surface area contributed by atoms with E-state index in [1.54, 1.807) is 25.5 Å². The SMILES string of the molecule is CCC1=[C](/[Zr+2](=[C](/C)c2ccccc2)[CH]2c3cc(C(C)(C)C)ccc3-c3ccc(C(C)(C)C)cc32)C(C)C=C1C(C)(C)C.[Cl-].[Cl-]. The fourth-order valence-electron chi connectivity index (χ4n) is 7.27. The van der Waals surface area contributed by atoms with E-state index in [9.17, 15) is 0 Å².